The van der Waals surface area contributed by atoms with E-state index in [0.29, 0.717) is 36.5 Å². The number of nitrogens with zero attached hydrogens (tertiary/aromatic N) is 2. The molecule has 2 heterocycles. The summed E-state index contributed by atoms with van der Waals surface area (Å²) in [5.41, 5.74) is 1.60. The normalized spacial score (nSPS) is 15.0. The summed E-state index contributed by atoms with van der Waals surface area (Å²) in [6.07, 6.45) is 0.635. The fourth-order valence-corrected chi connectivity index (χ4v) is 2.82. The number of nitrogens with one attached hydrogen (secondary N) is 1. The van der Waals surface area contributed by atoms with Gasteiger partial charge in [0.25, 0.3) is 5.56 Å². The zero-order chi connectivity index (χ0) is 16.6. The van der Waals surface area contributed by atoms with Gasteiger partial charge in [-0.2, -0.15) is 0 Å². The molecule has 0 unspecified atom stereocenters. The molecule has 6 heteroatoms. The summed E-state index contributed by atoms with van der Waals surface area (Å²) < 4.78 is 27.1. The van der Waals surface area contributed by atoms with Gasteiger partial charge in [0.1, 0.15) is 5.82 Å². The van der Waals surface area contributed by atoms with Crippen molar-refractivity contribution in [3.8, 4) is 0 Å². The van der Waals surface area contributed by atoms with Crippen molar-refractivity contribution in [2.24, 2.45) is 0 Å². The van der Waals surface area contributed by atoms with E-state index in [1.807, 2.05) is 18.7 Å². The summed E-state index contributed by atoms with van der Waals surface area (Å²) in [6.45, 7) is 5.29. The van der Waals surface area contributed by atoms with E-state index in [1.54, 1.807) is 6.07 Å². The van der Waals surface area contributed by atoms with E-state index in [4.69, 9.17) is 0 Å². The van der Waals surface area contributed by atoms with Crippen LogP contribution in [0.2, 0.25) is 0 Å². The molecule has 0 saturated heterocycles. The van der Waals surface area contributed by atoms with Gasteiger partial charge in [-0.25, -0.2) is 13.8 Å². The summed E-state index contributed by atoms with van der Waals surface area (Å²) in [7, 11) is 0. The molecule has 2 aromatic rings. The van der Waals surface area contributed by atoms with Gasteiger partial charge in [-0.3, -0.25) is 9.69 Å². The lowest BCUT2D eigenvalue weighted by Crippen LogP contribution is -2.36. The third kappa shape index (κ3) is 3.17. The maximum atomic E-state index is 13.8. The molecule has 23 heavy (non-hydrogen) atoms. The Labute approximate surface area is 133 Å². The van der Waals surface area contributed by atoms with Crippen molar-refractivity contribution in [2.75, 3.05) is 6.54 Å². The molecule has 0 fully saturated rings. The summed E-state index contributed by atoms with van der Waals surface area (Å²) in [6, 6.07) is 4.17. The molecule has 0 saturated carbocycles. The zero-order valence-electron chi connectivity index (χ0n) is 13.2. The second kappa shape index (κ2) is 6.20. The van der Waals surface area contributed by atoms with Crippen LogP contribution in [0, 0.1) is 11.6 Å². The van der Waals surface area contributed by atoms with Crippen molar-refractivity contribution in [2.45, 2.75) is 39.3 Å². The van der Waals surface area contributed by atoms with Gasteiger partial charge in [-0.1, -0.05) is 26.0 Å². The number of hydrogen-bond donors (Lipinski definition) is 1. The van der Waals surface area contributed by atoms with E-state index in [0.717, 1.165) is 11.8 Å². The van der Waals surface area contributed by atoms with Gasteiger partial charge >= 0.3 is 0 Å². The Balaban J connectivity index is 1.83. The number of hydrogen-bond acceptors (Lipinski definition) is 3. The number of aromatic amines is 1. The molecule has 1 aliphatic rings. The number of benzene rings is 1. The number of H-pyrrole nitrogens is 1. The second-order valence-electron chi connectivity index (χ2n) is 6.20. The highest BCUT2D eigenvalue weighted by Crippen LogP contribution is 2.20. The van der Waals surface area contributed by atoms with Crippen LogP contribution in [-0.2, 0) is 19.5 Å². The molecule has 0 bridgehead atoms. The SMILES string of the molecule is CC(C)c1nc2c(c(=O)[nH]1)CN(Cc1cccc(F)c1F)CC2. The maximum Gasteiger partial charge on any atom is 0.255 e. The Morgan fingerprint density at radius 1 is 1.35 bits per heavy atom. The fourth-order valence-electron chi connectivity index (χ4n) is 2.82. The second-order valence-corrected chi connectivity index (χ2v) is 6.20. The van der Waals surface area contributed by atoms with Crippen molar-refractivity contribution in [1.82, 2.24) is 14.9 Å². The van der Waals surface area contributed by atoms with Crippen molar-refractivity contribution in [3.05, 3.63) is 62.8 Å². The Hall–Kier alpha value is -2.08. The Bertz CT molecular complexity index is 786. The Kier molecular flexibility index (Phi) is 4.26. The zero-order valence-corrected chi connectivity index (χ0v) is 13.2. The first-order valence-corrected chi connectivity index (χ1v) is 7.73. The minimum Gasteiger partial charge on any atom is -0.310 e. The smallest absolute Gasteiger partial charge is 0.255 e. The van der Waals surface area contributed by atoms with Crippen LogP contribution in [-0.4, -0.2) is 21.4 Å². The lowest BCUT2D eigenvalue weighted by molar-refractivity contribution is 0.237. The molecule has 0 aliphatic carbocycles. The van der Waals surface area contributed by atoms with E-state index < -0.39 is 11.6 Å². The predicted molar refractivity (Wildman–Crippen MR) is 83.1 cm³/mol. The van der Waals surface area contributed by atoms with Gasteiger partial charge < -0.3 is 4.98 Å². The lowest BCUT2D eigenvalue weighted by Gasteiger charge is -2.28. The van der Waals surface area contributed by atoms with Crippen LogP contribution in [0.15, 0.2) is 23.0 Å². The lowest BCUT2D eigenvalue weighted by atomic mass is 10.0. The number of rotatable bonds is 3. The number of halogens is 2. The van der Waals surface area contributed by atoms with Gasteiger partial charge in [0.2, 0.25) is 0 Å². The molecule has 1 N–H and O–H groups in total. The largest absolute Gasteiger partial charge is 0.310 e. The molecular weight excluding hydrogens is 300 g/mol. The van der Waals surface area contributed by atoms with Crippen LogP contribution in [0.1, 0.15) is 42.4 Å². The monoisotopic (exact) mass is 319 g/mol. The van der Waals surface area contributed by atoms with Gasteiger partial charge in [0.15, 0.2) is 11.6 Å². The standard InChI is InChI=1S/C17H19F2N3O/c1-10(2)16-20-14-6-7-22(9-12(14)17(23)21-16)8-11-4-3-5-13(18)15(11)19/h3-5,10H,6-9H2,1-2H3,(H,20,21,23). The minimum absolute atomic E-state index is 0.136. The van der Waals surface area contributed by atoms with E-state index >= 15 is 0 Å². The number of aromatic nitrogens is 2. The van der Waals surface area contributed by atoms with Gasteiger partial charge in [0, 0.05) is 37.5 Å². The van der Waals surface area contributed by atoms with Crippen LogP contribution < -0.4 is 5.56 Å². The van der Waals surface area contributed by atoms with Crippen molar-refractivity contribution in [1.29, 1.82) is 0 Å². The molecule has 1 aliphatic heterocycles. The third-order valence-electron chi connectivity index (χ3n) is 4.14. The van der Waals surface area contributed by atoms with E-state index in [-0.39, 0.29) is 18.0 Å². The molecule has 0 atom stereocenters. The average Bonchev–Trinajstić information content (AvgIpc) is 2.52. The number of fused-ring (bicyclic) bond motifs is 1. The maximum absolute atomic E-state index is 13.8. The Morgan fingerprint density at radius 2 is 2.13 bits per heavy atom. The first-order valence-electron chi connectivity index (χ1n) is 7.73. The molecule has 0 amide bonds. The highest BCUT2D eigenvalue weighted by atomic mass is 19.2. The average molecular weight is 319 g/mol. The van der Waals surface area contributed by atoms with Gasteiger partial charge in [0.05, 0.1) is 11.3 Å². The van der Waals surface area contributed by atoms with Crippen molar-refractivity contribution in [3.63, 3.8) is 0 Å². The summed E-state index contributed by atoms with van der Waals surface area (Å²) in [4.78, 5) is 21.5. The molecule has 0 spiro atoms. The van der Waals surface area contributed by atoms with Crippen LogP contribution >= 0.6 is 0 Å². The molecule has 1 aromatic carbocycles. The van der Waals surface area contributed by atoms with E-state index in [1.165, 1.54) is 6.07 Å². The fraction of sp³-hybridized carbons (Fsp3) is 0.412. The van der Waals surface area contributed by atoms with Crippen LogP contribution in [0.5, 0.6) is 0 Å². The van der Waals surface area contributed by atoms with Crippen LogP contribution in [0.4, 0.5) is 8.78 Å². The van der Waals surface area contributed by atoms with Crippen LogP contribution in [0.3, 0.4) is 0 Å². The summed E-state index contributed by atoms with van der Waals surface area (Å²) in [5, 5.41) is 0. The first kappa shape index (κ1) is 15.8. The summed E-state index contributed by atoms with van der Waals surface area (Å²) in [5.74, 6) is -0.813. The van der Waals surface area contributed by atoms with Crippen molar-refractivity contribution < 1.29 is 8.78 Å². The van der Waals surface area contributed by atoms with E-state index in [9.17, 15) is 13.6 Å². The topological polar surface area (TPSA) is 49.0 Å². The molecular formula is C17H19F2N3O. The predicted octanol–water partition coefficient (Wildman–Crippen LogP) is 2.73. The van der Waals surface area contributed by atoms with E-state index in [2.05, 4.69) is 9.97 Å². The van der Waals surface area contributed by atoms with Gasteiger partial charge in [-0.05, 0) is 6.07 Å². The highest BCUT2D eigenvalue weighted by molar-refractivity contribution is 5.23. The summed E-state index contributed by atoms with van der Waals surface area (Å²) >= 11 is 0. The first-order chi connectivity index (χ1) is 11.0. The minimum atomic E-state index is -0.846. The Morgan fingerprint density at radius 3 is 2.87 bits per heavy atom. The molecule has 1 aromatic heterocycles. The third-order valence-corrected chi connectivity index (χ3v) is 4.14. The van der Waals surface area contributed by atoms with Crippen molar-refractivity contribution >= 4 is 0 Å². The quantitative estimate of drug-likeness (QED) is 0.946. The molecule has 0 radical (unpaired) electrons. The molecule has 3 rings (SSSR count). The molecule has 122 valence electrons. The van der Waals surface area contributed by atoms with Gasteiger partial charge in [-0.15, -0.1) is 0 Å². The molecule has 4 nitrogen and oxygen atoms in total. The van der Waals surface area contributed by atoms with Crippen LogP contribution in [0.25, 0.3) is 0 Å². The highest BCUT2D eigenvalue weighted by Gasteiger charge is 2.22.